The van der Waals surface area contributed by atoms with Gasteiger partial charge in [0.25, 0.3) is 5.91 Å². The third-order valence-electron chi connectivity index (χ3n) is 6.18. The van der Waals surface area contributed by atoms with Crippen molar-refractivity contribution >= 4 is 16.7 Å². The summed E-state index contributed by atoms with van der Waals surface area (Å²) in [5.74, 6) is 1.18. The first-order chi connectivity index (χ1) is 14.1. The second kappa shape index (κ2) is 9.26. The van der Waals surface area contributed by atoms with Gasteiger partial charge in [-0.1, -0.05) is 37.5 Å². The lowest BCUT2D eigenvalue weighted by molar-refractivity contribution is 0.0496. The second-order valence-corrected chi connectivity index (χ2v) is 9.56. The lowest BCUT2D eigenvalue weighted by Crippen LogP contribution is -2.52. The van der Waals surface area contributed by atoms with E-state index in [4.69, 9.17) is 4.42 Å². The maximum Gasteiger partial charge on any atom is 0.289 e. The van der Waals surface area contributed by atoms with E-state index in [0.717, 1.165) is 36.6 Å². The Kier molecular flexibility index (Phi) is 6.50. The van der Waals surface area contributed by atoms with Crippen molar-refractivity contribution in [2.45, 2.75) is 55.7 Å². The summed E-state index contributed by atoms with van der Waals surface area (Å²) in [5, 5.41) is 0. The molecule has 0 spiro atoms. The van der Waals surface area contributed by atoms with Gasteiger partial charge in [0.15, 0.2) is 5.76 Å². The van der Waals surface area contributed by atoms with E-state index in [0.29, 0.717) is 17.6 Å². The number of amides is 1. The minimum Gasteiger partial charge on any atom is -0.455 e. The van der Waals surface area contributed by atoms with Gasteiger partial charge in [0, 0.05) is 37.1 Å². The summed E-state index contributed by atoms with van der Waals surface area (Å²) in [6.07, 6.45) is 6.64. The summed E-state index contributed by atoms with van der Waals surface area (Å²) >= 11 is 0. The summed E-state index contributed by atoms with van der Waals surface area (Å²) < 4.78 is 18.4. The number of aryl methyl sites for hydroxylation is 1. The summed E-state index contributed by atoms with van der Waals surface area (Å²) in [6, 6.07) is 11.9. The smallest absolute Gasteiger partial charge is 0.289 e. The van der Waals surface area contributed by atoms with Gasteiger partial charge in [-0.2, -0.15) is 0 Å². The summed E-state index contributed by atoms with van der Waals surface area (Å²) in [4.78, 5) is 18.1. The number of nitrogens with zero attached hydrogens (tertiary/aromatic N) is 2. The lowest BCUT2D eigenvalue weighted by Gasteiger charge is -2.40. The number of carbonyl (C=O) groups excluding carboxylic acids is 1. The van der Waals surface area contributed by atoms with Crippen molar-refractivity contribution < 1.29 is 13.4 Å². The second-order valence-electron chi connectivity index (χ2n) is 8.14. The third-order valence-corrected chi connectivity index (χ3v) is 7.67. The molecular formula is C23H30N2O3S. The molecule has 1 atom stereocenters. The first-order valence-electron chi connectivity index (χ1n) is 10.7. The zero-order valence-corrected chi connectivity index (χ0v) is 18.0. The number of piperazine rings is 1. The van der Waals surface area contributed by atoms with Crippen LogP contribution in [0.2, 0.25) is 0 Å². The van der Waals surface area contributed by atoms with E-state index in [1.54, 1.807) is 12.1 Å². The van der Waals surface area contributed by atoms with E-state index in [9.17, 15) is 9.00 Å². The number of hydrogen-bond donors (Lipinski definition) is 0. The average molecular weight is 415 g/mol. The first kappa shape index (κ1) is 20.4. The van der Waals surface area contributed by atoms with Crippen LogP contribution in [0.15, 0.2) is 45.7 Å². The fraction of sp³-hybridized carbons (Fsp3) is 0.522. The number of rotatable bonds is 5. The monoisotopic (exact) mass is 414 g/mol. The standard InChI is InChI=1S/C23H30N2O3S/c1-18-7-5-6-10-22(18)29(27)17-20-11-12-21(28-20)23(26)25-15-13-24(14-16-25)19-8-3-2-4-9-19/h5-7,10-12,19H,2-4,8-9,13-17H2,1H3/t29-/m1/s1. The van der Waals surface area contributed by atoms with Crippen LogP contribution in [0.4, 0.5) is 0 Å². The molecule has 0 radical (unpaired) electrons. The van der Waals surface area contributed by atoms with Crippen molar-refractivity contribution in [2.24, 2.45) is 0 Å². The largest absolute Gasteiger partial charge is 0.455 e. The van der Waals surface area contributed by atoms with Crippen LogP contribution in [0.3, 0.4) is 0 Å². The molecule has 2 heterocycles. The Morgan fingerprint density at radius 1 is 1.03 bits per heavy atom. The van der Waals surface area contributed by atoms with Crippen molar-refractivity contribution in [3.05, 3.63) is 53.5 Å². The Morgan fingerprint density at radius 2 is 1.76 bits per heavy atom. The van der Waals surface area contributed by atoms with Gasteiger partial charge >= 0.3 is 0 Å². The maximum absolute atomic E-state index is 12.8. The molecular weight excluding hydrogens is 384 g/mol. The minimum atomic E-state index is -1.18. The van der Waals surface area contributed by atoms with E-state index in [-0.39, 0.29) is 11.7 Å². The van der Waals surface area contributed by atoms with Gasteiger partial charge < -0.3 is 9.32 Å². The molecule has 1 aliphatic carbocycles. The fourth-order valence-electron chi connectivity index (χ4n) is 4.48. The molecule has 1 aromatic carbocycles. The summed E-state index contributed by atoms with van der Waals surface area (Å²) in [6.45, 7) is 5.35. The molecule has 0 N–H and O–H groups in total. The highest BCUT2D eigenvalue weighted by atomic mass is 32.2. The topological polar surface area (TPSA) is 53.8 Å². The number of furan rings is 1. The first-order valence-corrected chi connectivity index (χ1v) is 12.0. The molecule has 1 aliphatic heterocycles. The van der Waals surface area contributed by atoms with Crippen molar-refractivity contribution in [2.75, 3.05) is 26.2 Å². The van der Waals surface area contributed by atoms with Gasteiger partial charge in [-0.25, -0.2) is 0 Å². The SMILES string of the molecule is Cc1ccccc1[S@](=O)Cc1ccc(C(=O)N2CCN(C3CCCCC3)CC2)o1. The van der Waals surface area contributed by atoms with Crippen LogP contribution >= 0.6 is 0 Å². The molecule has 4 rings (SSSR count). The van der Waals surface area contributed by atoms with Crippen LogP contribution in [-0.4, -0.2) is 52.1 Å². The molecule has 1 aromatic heterocycles. The number of hydrogen-bond acceptors (Lipinski definition) is 4. The molecule has 1 saturated carbocycles. The molecule has 156 valence electrons. The molecule has 0 bridgehead atoms. The zero-order chi connectivity index (χ0) is 20.2. The molecule has 2 aromatic rings. The third kappa shape index (κ3) is 4.81. The highest BCUT2D eigenvalue weighted by molar-refractivity contribution is 7.84. The van der Waals surface area contributed by atoms with E-state index in [1.807, 2.05) is 36.1 Å². The van der Waals surface area contributed by atoms with Crippen LogP contribution in [0.5, 0.6) is 0 Å². The highest BCUT2D eigenvalue weighted by Crippen LogP contribution is 2.24. The van der Waals surface area contributed by atoms with Crippen LogP contribution in [0.25, 0.3) is 0 Å². The maximum atomic E-state index is 12.8. The number of benzene rings is 1. The summed E-state index contributed by atoms with van der Waals surface area (Å²) in [7, 11) is -1.18. The Morgan fingerprint density at radius 3 is 2.48 bits per heavy atom. The Hall–Kier alpha value is -1.92. The molecule has 6 heteroatoms. The lowest BCUT2D eigenvalue weighted by atomic mass is 9.94. The molecule has 2 fully saturated rings. The molecule has 0 unspecified atom stereocenters. The van der Waals surface area contributed by atoms with Gasteiger partial charge in [0.05, 0.1) is 16.6 Å². The molecule has 1 saturated heterocycles. The van der Waals surface area contributed by atoms with Gasteiger partial charge in [-0.3, -0.25) is 13.9 Å². The van der Waals surface area contributed by atoms with E-state index in [1.165, 1.54) is 32.1 Å². The van der Waals surface area contributed by atoms with Gasteiger partial charge in [0.2, 0.25) is 0 Å². The van der Waals surface area contributed by atoms with Gasteiger partial charge in [0.1, 0.15) is 5.76 Å². The summed E-state index contributed by atoms with van der Waals surface area (Å²) in [5.41, 5.74) is 1.00. The predicted octanol–water partition coefficient (Wildman–Crippen LogP) is 3.99. The normalized spacial score (nSPS) is 20.0. The average Bonchev–Trinajstić information content (AvgIpc) is 3.22. The van der Waals surface area contributed by atoms with Crippen molar-refractivity contribution in [3.8, 4) is 0 Å². The van der Waals surface area contributed by atoms with Crippen LogP contribution < -0.4 is 0 Å². The quantitative estimate of drug-likeness (QED) is 0.742. The molecule has 2 aliphatic rings. The van der Waals surface area contributed by atoms with Crippen LogP contribution in [0, 0.1) is 6.92 Å². The van der Waals surface area contributed by atoms with Gasteiger partial charge in [-0.15, -0.1) is 0 Å². The van der Waals surface area contributed by atoms with Crippen molar-refractivity contribution in [1.82, 2.24) is 9.80 Å². The van der Waals surface area contributed by atoms with Gasteiger partial charge in [-0.05, 0) is 43.5 Å². The van der Waals surface area contributed by atoms with Crippen LogP contribution in [-0.2, 0) is 16.6 Å². The van der Waals surface area contributed by atoms with Crippen LogP contribution in [0.1, 0.15) is 54.0 Å². The fourth-order valence-corrected chi connectivity index (χ4v) is 5.71. The zero-order valence-electron chi connectivity index (χ0n) is 17.1. The Bertz CT molecular complexity index is 865. The van der Waals surface area contributed by atoms with E-state index in [2.05, 4.69) is 4.90 Å². The van der Waals surface area contributed by atoms with Crippen molar-refractivity contribution in [3.63, 3.8) is 0 Å². The Balaban J connectivity index is 1.33. The van der Waals surface area contributed by atoms with Crippen molar-refractivity contribution in [1.29, 1.82) is 0 Å². The predicted molar refractivity (Wildman–Crippen MR) is 114 cm³/mol. The molecule has 5 nitrogen and oxygen atoms in total. The Labute approximate surface area is 175 Å². The molecule has 29 heavy (non-hydrogen) atoms. The van der Waals surface area contributed by atoms with E-state index >= 15 is 0 Å². The minimum absolute atomic E-state index is 0.0544. The van der Waals surface area contributed by atoms with E-state index < -0.39 is 10.8 Å². The molecule has 1 amide bonds. The highest BCUT2D eigenvalue weighted by Gasteiger charge is 2.28. The number of carbonyl (C=O) groups is 1.